The molecule has 1 heterocycles. The molecule has 70 valence electrons. The quantitative estimate of drug-likeness (QED) is 0.692. The van der Waals surface area contributed by atoms with Crippen LogP contribution in [0.25, 0.3) is 5.70 Å². The van der Waals surface area contributed by atoms with E-state index in [0.717, 1.165) is 5.56 Å². The van der Waals surface area contributed by atoms with Gasteiger partial charge in [-0.3, -0.25) is 4.79 Å². The van der Waals surface area contributed by atoms with E-state index in [-0.39, 0.29) is 5.78 Å². The summed E-state index contributed by atoms with van der Waals surface area (Å²) < 4.78 is 0. The molecule has 13 heavy (non-hydrogen) atoms. The molecule has 3 N–H and O–H groups in total. The van der Waals surface area contributed by atoms with Crippen LogP contribution >= 0.6 is 0 Å². The number of aromatic amines is 1. The Hall–Kier alpha value is -1.51. The van der Waals surface area contributed by atoms with Gasteiger partial charge >= 0.3 is 0 Å². The lowest BCUT2D eigenvalue weighted by Gasteiger charge is -2.04. The number of nitrogens with two attached hydrogens (primary N) is 1. The zero-order chi connectivity index (χ0) is 9.84. The lowest BCUT2D eigenvalue weighted by atomic mass is 10.0. The van der Waals surface area contributed by atoms with Crippen LogP contribution in [0.5, 0.6) is 0 Å². The Morgan fingerprint density at radius 1 is 1.62 bits per heavy atom. The van der Waals surface area contributed by atoms with E-state index in [4.69, 9.17) is 5.73 Å². The average Bonchev–Trinajstić information content (AvgIpc) is 2.56. The number of ketones is 1. The monoisotopic (exact) mass is 178 g/mol. The molecular weight excluding hydrogens is 164 g/mol. The normalized spacial score (nSPS) is 12.5. The number of rotatable bonds is 3. The van der Waals surface area contributed by atoms with Gasteiger partial charge in [-0.25, -0.2) is 0 Å². The number of hydrogen-bond donors (Lipinski definition) is 2. The van der Waals surface area contributed by atoms with E-state index in [0.29, 0.717) is 17.7 Å². The number of H-pyrrole nitrogens is 1. The maximum absolute atomic E-state index is 11.2. The van der Waals surface area contributed by atoms with Crippen LogP contribution in [-0.2, 0) is 4.79 Å². The minimum absolute atomic E-state index is 0.0428. The number of aromatic nitrogens is 1. The molecule has 0 atom stereocenters. The molecule has 0 amide bonds. The highest BCUT2D eigenvalue weighted by atomic mass is 16.1. The summed E-state index contributed by atoms with van der Waals surface area (Å²) in [7, 11) is 0. The van der Waals surface area contributed by atoms with Crippen molar-refractivity contribution in [3.63, 3.8) is 0 Å². The van der Waals surface area contributed by atoms with Crippen molar-refractivity contribution in [1.82, 2.24) is 4.98 Å². The van der Waals surface area contributed by atoms with E-state index in [1.807, 2.05) is 13.0 Å². The van der Waals surface area contributed by atoms with E-state index in [2.05, 4.69) is 4.98 Å². The maximum atomic E-state index is 11.2. The lowest BCUT2D eigenvalue weighted by Crippen LogP contribution is -2.06. The molecule has 0 saturated carbocycles. The van der Waals surface area contributed by atoms with Gasteiger partial charge < -0.3 is 10.7 Å². The molecule has 3 heteroatoms. The molecule has 0 fully saturated rings. The number of hydrogen-bond acceptors (Lipinski definition) is 2. The van der Waals surface area contributed by atoms with Gasteiger partial charge in [0.05, 0.1) is 0 Å². The zero-order valence-electron chi connectivity index (χ0n) is 7.92. The summed E-state index contributed by atoms with van der Waals surface area (Å²) >= 11 is 0. The van der Waals surface area contributed by atoms with Crippen LogP contribution in [0.4, 0.5) is 0 Å². The van der Waals surface area contributed by atoms with Gasteiger partial charge in [0, 0.05) is 29.2 Å². The van der Waals surface area contributed by atoms with Crippen LogP contribution in [0, 0.1) is 0 Å². The third-order valence-electron chi connectivity index (χ3n) is 2.01. The molecule has 0 saturated heterocycles. The summed E-state index contributed by atoms with van der Waals surface area (Å²) in [6, 6.07) is 1.86. The molecule has 0 unspecified atom stereocenters. The third kappa shape index (κ3) is 1.99. The van der Waals surface area contributed by atoms with Crippen LogP contribution < -0.4 is 5.73 Å². The topological polar surface area (TPSA) is 58.9 Å². The number of allylic oxidation sites excluding steroid dienone is 1. The lowest BCUT2D eigenvalue weighted by molar-refractivity contribution is -0.113. The van der Waals surface area contributed by atoms with Gasteiger partial charge in [0.2, 0.25) is 0 Å². The zero-order valence-corrected chi connectivity index (χ0v) is 7.92. The van der Waals surface area contributed by atoms with Crippen LogP contribution in [0.15, 0.2) is 24.0 Å². The Morgan fingerprint density at radius 3 is 2.69 bits per heavy atom. The van der Waals surface area contributed by atoms with E-state index in [1.165, 1.54) is 0 Å². The van der Waals surface area contributed by atoms with Crippen molar-refractivity contribution < 1.29 is 4.79 Å². The first-order valence-electron chi connectivity index (χ1n) is 4.29. The van der Waals surface area contributed by atoms with Gasteiger partial charge in [-0.15, -0.1) is 0 Å². The molecule has 0 aromatic carbocycles. The molecule has 0 aliphatic carbocycles. The smallest absolute Gasteiger partial charge is 0.157 e. The first kappa shape index (κ1) is 9.58. The van der Waals surface area contributed by atoms with E-state index >= 15 is 0 Å². The summed E-state index contributed by atoms with van der Waals surface area (Å²) in [5, 5.41) is 0. The molecule has 0 aliphatic heterocycles. The number of nitrogens with one attached hydrogen (secondary N) is 1. The predicted molar refractivity (Wildman–Crippen MR) is 52.9 cm³/mol. The second-order valence-electron chi connectivity index (χ2n) is 2.90. The van der Waals surface area contributed by atoms with Crippen molar-refractivity contribution >= 4 is 11.5 Å². The second-order valence-corrected chi connectivity index (χ2v) is 2.90. The summed E-state index contributed by atoms with van der Waals surface area (Å²) in [6.45, 7) is 3.47. The summed E-state index contributed by atoms with van der Waals surface area (Å²) in [5.74, 6) is 0.0428. The van der Waals surface area contributed by atoms with E-state index in [1.54, 1.807) is 19.3 Å². The molecule has 1 aromatic rings. The largest absolute Gasteiger partial charge is 0.398 e. The van der Waals surface area contributed by atoms with Crippen molar-refractivity contribution in [3.8, 4) is 0 Å². The highest BCUT2D eigenvalue weighted by Gasteiger charge is 2.08. The van der Waals surface area contributed by atoms with Crippen molar-refractivity contribution in [1.29, 1.82) is 0 Å². The summed E-state index contributed by atoms with van der Waals surface area (Å²) in [6.07, 6.45) is 4.25. The molecule has 0 spiro atoms. The van der Waals surface area contributed by atoms with Crippen molar-refractivity contribution in [2.24, 2.45) is 5.73 Å². The highest BCUT2D eigenvalue weighted by molar-refractivity contribution is 6.00. The van der Waals surface area contributed by atoms with Gasteiger partial charge in [-0.1, -0.05) is 6.92 Å². The minimum atomic E-state index is 0.0428. The van der Waals surface area contributed by atoms with Gasteiger partial charge in [0.15, 0.2) is 5.78 Å². The fourth-order valence-electron chi connectivity index (χ4n) is 1.29. The van der Waals surface area contributed by atoms with Gasteiger partial charge in [0.25, 0.3) is 0 Å². The van der Waals surface area contributed by atoms with Crippen molar-refractivity contribution in [3.05, 3.63) is 29.6 Å². The van der Waals surface area contributed by atoms with Crippen molar-refractivity contribution in [2.75, 3.05) is 0 Å². The molecule has 0 aliphatic rings. The summed E-state index contributed by atoms with van der Waals surface area (Å²) in [5.41, 5.74) is 7.99. The van der Waals surface area contributed by atoms with Crippen LogP contribution in [0.2, 0.25) is 0 Å². The first-order chi connectivity index (χ1) is 6.16. The predicted octanol–water partition coefficient (Wildman–Crippen LogP) is 1.68. The standard InChI is InChI=1S/C10H14N2O/c1-3-9(7(2)13)10(11)8-4-5-12-6-8/h4-6,12H,3,11H2,1-2H3/b10-9-. The maximum Gasteiger partial charge on any atom is 0.157 e. The SMILES string of the molecule is CC/C(C(C)=O)=C(/N)c1cc[nH]c1. The Kier molecular flexibility index (Phi) is 2.90. The highest BCUT2D eigenvalue weighted by Crippen LogP contribution is 2.15. The second kappa shape index (κ2) is 3.94. The Labute approximate surface area is 77.6 Å². The number of carbonyl (C=O) groups excluding carboxylic acids is 1. The average molecular weight is 178 g/mol. The van der Waals surface area contributed by atoms with Crippen molar-refractivity contribution in [2.45, 2.75) is 20.3 Å². The summed E-state index contributed by atoms with van der Waals surface area (Å²) in [4.78, 5) is 14.1. The van der Waals surface area contributed by atoms with E-state index in [9.17, 15) is 4.79 Å². The molecule has 3 nitrogen and oxygen atoms in total. The molecule has 0 bridgehead atoms. The van der Waals surface area contributed by atoms with Gasteiger partial charge in [-0.2, -0.15) is 0 Å². The first-order valence-corrected chi connectivity index (χ1v) is 4.29. The number of carbonyl (C=O) groups is 1. The molecule has 1 aromatic heterocycles. The van der Waals surface area contributed by atoms with Crippen LogP contribution in [-0.4, -0.2) is 10.8 Å². The minimum Gasteiger partial charge on any atom is -0.398 e. The number of Topliss-reactive ketones (excluding diaryl/α,β-unsaturated/α-hetero) is 1. The van der Waals surface area contributed by atoms with E-state index < -0.39 is 0 Å². The molecule has 1 rings (SSSR count). The Balaban J connectivity index is 3.09. The van der Waals surface area contributed by atoms with Crippen LogP contribution in [0.3, 0.4) is 0 Å². The fourth-order valence-corrected chi connectivity index (χ4v) is 1.29. The van der Waals surface area contributed by atoms with Gasteiger partial charge in [-0.05, 0) is 19.4 Å². The van der Waals surface area contributed by atoms with Gasteiger partial charge in [0.1, 0.15) is 0 Å². The fraction of sp³-hybridized carbons (Fsp3) is 0.300. The Bertz CT molecular complexity index is 323. The van der Waals surface area contributed by atoms with Crippen LogP contribution in [0.1, 0.15) is 25.8 Å². The third-order valence-corrected chi connectivity index (χ3v) is 2.01. The molecule has 0 radical (unpaired) electrons. The molecular formula is C10H14N2O. The Morgan fingerprint density at radius 2 is 2.31 bits per heavy atom.